The van der Waals surface area contributed by atoms with Crippen LogP contribution >= 0.6 is 0 Å². The molecule has 0 saturated heterocycles. The number of methoxy groups -OCH3 is 1. The Kier molecular flexibility index (Phi) is 5.76. The summed E-state index contributed by atoms with van der Waals surface area (Å²) in [6.45, 7) is 1.34. The minimum atomic E-state index is -1.09. The van der Waals surface area contributed by atoms with Crippen molar-refractivity contribution in [1.82, 2.24) is 5.32 Å². The second kappa shape index (κ2) is 7.57. The van der Waals surface area contributed by atoms with Crippen LogP contribution in [0.15, 0.2) is 30.3 Å². The molecule has 1 fully saturated rings. The summed E-state index contributed by atoms with van der Waals surface area (Å²) in [4.78, 5) is 12.1. The molecule has 0 aromatic heterocycles. The Hall–Kier alpha value is -1.39. The van der Waals surface area contributed by atoms with E-state index in [9.17, 15) is 9.90 Å². The molecule has 1 amide bonds. The first-order valence-corrected chi connectivity index (χ1v) is 7.67. The first-order chi connectivity index (χ1) is 10.2. The zero-order chi connectivity index (χ0) is 15.1. The van der Waals surface area contributed by atoms with Crippen molar-refractivity contribution in [2.24, 2.45) is 5.41 Å². The molecule has 2 N–H and O–H groups in total. The zero-order valence-electron chi connectivity index (χ0n) is 12.7. The molecule has 1 aliphatic rings. The van der Waals surface area contributed by atoms with Crippen LogP contribution in [0.25, 0.3) is 0 Å². The van der Waals surface area contributed by atoms with Crippen molar-refractivity contribution in [1.29, 1.82) is 0 Å². The van der Waals surface area contributed by atoms with Crippen LogP contribution in [0.3, 0.4) is 0 Å². The van der Waals surface area contributed by atoms with Crippen LogP contribution < -0.4 is 5.32 Å². The second-order valence-electron chi connectivity index (χ2n) is 5.98. The van der Waals surface area contributed by atoms with E-state index < -0.39 is 6.10 Å². The Morgan fingerprint density at radius 2 is 2.00 bits per heavy atom. The monoisotopic (exact) mass is 291 g/mol. The molecule has 0 radical (unpaired) electrons. The number of amides is 1. The van der Waals surface area contributed by atoms with E-state index in [1.54, 1.807) is 19.2 Å². The molecule has 1 aromatic rings. The Morgan fingerprint density at radius 3 is 2.62 bits per heavy atom. The van der Waals surface area contributed by atoms with Crippen LogP contribution in [0.5, 0.6) is 0 Å². The normalized spacial score (nSPS) is 18.4. The fourth-order valence-corrected chi connectivity index (χ4v) is 3.12. The minimum absolute atomic E-state index is 0.141. The summed E-state index contributed by atoms with van der Waals surface area (Å²) in [6, 6.07) is 9.04. The minimum Gasteiger partial charge on any atom is -0.385 e. The second-order valence-corrected chi connectivity index (χ2v) is 5.98. The van der Waals surface area contributed by atoms with Crippen molar-refractivity contribution in [3.05, 3.63) is 35.9 Å². The van der Waals surface area contributed by atoms with E-state index in [1.807, 2.05) is 18.2 Å². The van der Waals surface area contributed by atoms with Gasteiger partial charge in [0.2, 0.25) is 0 Å². The third-order valence-corrected chi connectivity index (χ3v) is 4.50. The largest absolute Gasteiger partial charge is 0.385 e. The predicted molar refractivity (Wildman–Crippen MR) is 81.8 cm³/mol. The van der Waals surface area contributed by atoms with Gasteiger partial charge in [-0.3, -0.25) is 4.79 Å². The highest BCUT2D eigenvalue weighted by Crippen LogP contribution is 2.40. The quantitative estimate of drug-likeness (QED) is 0.811. The first-order valence-electron chi connectivity index (χ1n) is 7.67. The van der Waals surface area contributed by atoms with Gasteiger partial charge >= 0.3 is 0 Å². The van der Waals surface area contributed by atoms with Gasteiger partial charge < -0.3 is 15.2 Å². The maximum Gasteiger partial charge on any atom is 0.253 e. The summed E-state index contributed by atoms with van der Waals surface area (Å²) in [6.07, 6.45) is 4.54. The molecule has 4 nitrogen and oxygen atoms in total. The van der Waals surface area contributed by atoms with Gasteiger partial charge in [-0.1, -0.05) is 43.2 Å². The summed E-state index contributed by atoms with van der Waals surface area (Å²) < 4.78 is 5.19. The van der Waals surface area contributed by atoms with E-state index in [4.69, 9.17) is 4.74 Å². The first kappa shape index (κ1) is 16.0. The number of carbonyl (C=O) groups excluding carboxylic acids is 1. The van der Waals surface area contributed by atoms with Crippen molar-refractivity contribution in [2.75, 3.05) is 20.3 Å². The number of hydrogen-bond acceptors (Lipinski definition) is 3. The molecule has 1 saturated carbocycles. The molecule has 0 aliphatic heterocycles. The van der Waals surface area contributed by atoms with Gasteiger partial charge in [0.05, 0.1) is 0 Å². The Bertz CT molecular complexity index is 441. The van der Waals surface area contributed by atoms with E-state index in [2.05, 4.69) is 5.32 Å². The topological polar surface area (TPSA) is 58.6 Å². The molecule has 116 valence electrons. The van der Waals surface area contributed by atoms with Crippen molar-refractivity contribution >= 4 is 5.91 Å². The summed E-state index contributed by atoms with van der Waals surface area (Å²) in [7, 11) is 1.71. The van der Waals surface area contributed by atoms with Crippen LogP contribution in [0.2, 0.25) is 0 Å². The molecular formula is C17H25NO3. The lowest BCUT2D eigenvalue weighted by molar-refractivity contribution is -0.130. The third kappa shape index (κ3) is 4.29. The molecule has 0 spiro atoms. The van der Waals surface area contributed by atoms with E-state index in [1.165, 1.54) is 12.8 Å². The van der Waals surface area contributed by atoms with Crippen molar-refractivity contribution in [2.45, 2.75) is 38.2 Å². The lowest BCUT2D eigenvalue weighted by Gasteiger charge is -2.29. The van der Waals surface area contributed by atoms with Crippen molar-refractivity contribution < 1.29 is 14.6 Å². The highest BCUT2D eigenvalue weighted by Gasteiger charge is 2.34. The van der Waals surface area contributed by atoms with Crippen molar-refractivity contribution in [3.63, 3.8) is 0 Å². The average molecular weight is 291 g/mol. The third-order valence-electron chi connectivity index (χ3n) is 4.50. The number of nitrogens with one attached hydrogen (secondary N) is 1. The number of benzene rings is 1. The van der Waals surface area contributed by atoms with E-state index >= 15 is 0 Å². The van der Waals surface area contributed by atoms with E-state index in [0.717, 1.165) is 25.9 Å². The summed E-state index contributed by atoms with van der Waals surface area (Å²) >= 11 is 0. The molecule has 1 aliphatic carbocycles. The number of rotatable bonds is 7. The molecule has 2 rings (SSSR count). The fraction of sp³-hybridized carbons (Fsp3) is 0.588. The molecule has 1 aromatic carbocycles. The summed E-state index contributed by atoms with van der Waals surface area (Å²) in [5.74, 6) is -0.315. The van der Waals surface area contributed by atoms with Gasteiger partial charge in [-0.15, -0.1) is 0 Å². The van der Waals surface area contributed by atoms with Gasteiger partial charge in [0.15, 0.2) is 6.10 Å². The maximum absolute atomic E-state index is 12.1. The smallest absolute Gasteiger partial charge is 0.253 e. The fourth-order valence-electron chi connectivity index (χ4n) is 3.12. The number of aliphatic hydroxyl groups excluding tert-OH is 1. The summed E-state index contributed by atoms with van der Waals surface area (Å²) in [5.41, 5.74) is 0.773. The molecule has 0 heterocycles. The molecule has 21 heavy (non-hydrogen) atoms. The SMILES string of the molecule is COCCC1(CNC(=O)C(O)c2ccccc2)CCCC1. The molecular weight excluding hydrogens is 266 g/mol. The van der Waals surface area contributed by atoms with Crippen LogP contribution in [-0.2, 0) is 9.53 Å². The average Bonchev–Trinajstić information content (AvgIpc) is 3.00. The Labute approximate surface area is 126 Å². The van der Waals surface area contributed by atoms with Crippen LogP contribution in [-0.4, -0.2) is 31.3 Å². The Balaban J connectivity index is 1.90. The maximum atomic E-state index is 12.1. The molecule has 1 unspecified atom stereocenters. The van der Waals surface area contributed by atoms with Crippen molar-refractivity contribution in [3.8, 4) is 0 Å². The summed E-state index contributed by atoms with van der Waals surface area (Å²) in [5, 5.41) is 13.0. The van der Waals surface area contributed by atoms with E-state index in [-0.39, 0.29) is 11.3 Å². The highest BCUT2D eigenvalue weighted by atomic mass is 16.5. The predicted octanol–water partition coefficient (Wildman–Crippen LogP) is 2.43. The molecule has 4 heteroatoms. The van der Waals surface area contributed by atoms with Crippen LogP contribution in [0.1, 0.15) is 43.8 Å². The molecule has 1 atom stereocenters. The lowest BCUT2D eigenvalue weighted by Crippen LogP contribution is -2.39. The lowest BCUT2D eigenvalue weighted by atomic mass is 9.83. The van der Waals surface area contributed by atoms with Gasteiger partial charge in [0, 0.05) is 20.3 Å². The van der Waals surface area contributed by atoms with Gasteiger partial charge in [0.1, 0.15) is 0 Å². The van der Waals surface area contributed by atoms with Gasteiger partial charge in [0.25, 0.3) is 5.91 Å². The number of carbonyl (C=O) groups is 1. The zero-order valence-corrected chi connectivity index (χ0v) is 12.7. The van der Waals surface area contributed by atoms with Gasteiger partial charge in [-0.25, -0.2) is 0 Å². The van der Waals surface area contributed by atoms with Gasteiger partial charge in [-0.2, -0.15) is 0 Å². The number of aliphatic hydroxyl groups is 1. The Morgan fingerprint density at radius 1 is 1.33 bits per heavy atom. The van der Waals surface area contributed by atoms with Gasteiger partial charge in [-0.05, 0) is 30.2 Å². The number of ether oxygens (including phenoxy) is 1. The molecule has 0 bridgehead atoms. The van der Waals surface area contributed by atoms with E-state index in [0.29, 0.717) is 12.1 Å². The highest BCUT2D eigenvalue weighted by molar-refractivity contribution is 5.81. The number of hydrogen-bond donors (Lipinski definition) is 2. The van der Waals surface area contributed by atoms with Crippen LogP contribution in [0, 0.1) is 5.41 Å². The van der Waals surface area contributed by atoms with Crippen LogP contribution in [0.4, 0.5) is 0 Å². The standard InChI is InChI=1S/C17H25NO3/c1-21-12-11-17(9-5-6-10-17)13-18-16(20)15(19)14-7-3-2-4-8-14/h2-4,7-8,15,19H,5-6,9-13H2,1H3,(H,18,20).